The van der Waals surface area contributed by atoms with Gasteiger partial charge in [0.05, 0.1) is 28.7 Å². The Hall–Kier alpha value is -4.74. The number of rotatable bonds is 11. The zero-order valence-electron chi connectivity index (χ0n) is 23.2. The smallest absolute Gasteiger partial charge is 0.337 e. The van der Waals surface area contributed by atoms with Crippen molar-refractivity contribution in [2.24, 2.45) is 0 Å². The van der Waals surface area contributed by atoms with Crippen LogP contribution in [0.2, 0.25) is 0 Å². The number of para-hydroxylation sites is 1. The van der Waals surface area contributed by atoms with Crippen molar-refractivity contribution in [1.82, 2.24) is 9.71 Å². The summed E-state index contributed by atoms with van der Waals surface area (Å²) in [6.45, 7) is 0. The van der Waals surface area contributed by atoms with Gasteiger partial charge in [-0.2, -0.15) is 0 Å². The van der Waals surface area contributed by atoms with Crippen molar-refractivity contribution in [2.45, 2.75) is 49.1 Å². The predicted octanol–water partition coefficient (Wildman–Crippen LogP) is 5.42. The van der Waals surface area contributed by atoms with Gasteiger partial charge in [0.1, 0.15) is 11.5 Å². The van der Waals surface area contributed by atoms with Crippen LogP contribution in [0, 0.1) is 0 Å². The lowest BCUT2D eigenvalue weighted by Crippen LogP contribution is -2.39. The molecule has 0 saturated heterocycles. The van der Waals surface area contributed by atoms with Gasteiger partial charge in [-0.15, -0.1) is 0 Å². The van der Waals surface area contributed by atoms with E-state index in [0.29, 0.717) is 35.8 Å². The van der Waals surface area contributed by atoms with Crippen molar-refractivity contribution in [1.29, 1.82) is 0 Å². The third-order valence-corrected chi connectivity index (χ3v) is 8.53. The Morgan fingerprint density at radius 1 is 0.837 bits per heavy atom. The minimum atomic E-state index is -3.54. The number of benzene rings is 3. The fraction of sp³-hybridized carbons (Fsp3) is 0.219. The molecule has 1 aliphatic rings. The first kappa shape index (κ1) is 29.7. The molecule has 0 unspecified atom stereocenters. The van der Waals surface area contributed by atoms with Crippen LogP contribution in [0.5, 0.6) is 17.4 Å². The average Bonchev–Trinajstić information content (AvgIpc) is 3.00. The van der Waals surface area contributed by atoms with Gasteiger partial charge in [-0.05, 0) is 79.8 Å². The first-order valence-corrected chi connectivity index (χ1v) is 15.3. The molecule has 1 amide bonds. The van der Waals surface area contributed by atoms with Crippen molar-refractivity contribution in [3.05, 3.63) is 108 Å². The molecule has 1 aromatic heterocycles. The quantitative estimate of drug-likeness (QED) is 0.207. The number of carbonyl (C=O) groups is 2. The molecule has 0 spiro atoms. The molecule has 222 valence electrons. The number of nitrogens with one attached hydrogen (secondary N) is 2. The van der Waals surface area contributed by atoms with E-state index in [4.69, 9.17) is 9.47 Å². The molecule has 11 heteroatoms. The van der Waals surface area contributed by atoms with Gasteiger partial charge >= 0.3 is 5.97 Å². The van der Waals surface area contributed by atoms with E-state index in [-0.39, 0.29) is 40.6 Å². The normalized spacial score (nSPS) is 16.7. The van der Waals surface area contributed by atoms with E-state index in [1.807, 2.05) is 12.1 Å². The molecule has 0 aliphatic heterocycles. The summed E-state index contributed by atoms with van der Waals surface area (Å²) in [6, 6.07) is 25.0. The minimum Gasteiger partial charge on any atom is -0.490 e. The number of amides is 1. The maximum Gasteiger partial charge on any atom is 0.337 e. The van der Waals surface area contributed by atoms with E-state index in [1.165, 1.54) is 18.3 Å². The van der Waals surface area contributed by atoms with Crippen LogP contribution in [0.1, 0.15) is 41.6 Å². The van der Waals surface area contributed by atoms with Crippen LogP contribution in [0.15, 0.2) is 102 Å². The number of aromatic nitrogens is 1. The fourth-order valence-electron chi connectivity index (χ4n) is 4.82. The number of carboxylic acid groups (broad SMARTS) is 1. The fourth-order valence-corrected chi connectivity index (χ4v) is 6.15. The number of hydrogen-bond donors (Lipinski definition) is 3. The topological polar surface area (TPSA) is 144 Å². The Morgan fingerprint density at radius 3 is 2.19 bits per heavy atom. The number of pyridine rings is 1. The SMILES string of the molecule is O=C(Cc1ccc(Oc2ccc(OC3CCC(NS(=O)(=O)c4ccccc4)CC3)cc2)nc1)Nc1ccccc1C(=O)O. The zero-order chi connectivity index (χ0) is 30.2. The standard InChI is InChI=1S/C32H31N3O7S/c36-30(34-29-9-5-4-8-28(29)32(37)38)20-22-10-19-31(33-21-22)42-26-17-15-25(16-18-26)41-24-13-11-23(12-14-24)35-43(39,40)27-6-2-1-3-7-27/h1-10,15-19,21,23-24,35H,11-14,20H2,(H,34,36)(H,37,38). The van der Waals surface area contributed by atoms with Gasteiger partial charge in [0.15, 0.2) is 0 Å². The summed E-state index contributed by atoms with van der Waals surface area (Å²) in [5.41, 5.74) is 0.897. The van der Waals surface area contributed by atoms with Crippen LogP contribution >= 0.6 is 0 Å². The van der Waals surface area contributed by atoms with Gasteiger partial charge in [-0.1, -0.05) is 36.4 Å². The van der Waals surface area contributed by atoms with Gasteiger partial charge in [-0.3, -0.25) is 4.79 Å². The number of carboxylic acids is 1. The number of carbonyl (C=O) groups excluding carboxylic acids is 1. The van der Waals surface area contributed by atoms with Gasteiger partial charge in [-0.25, -0.2) is 22.9 Å². The summed E-state index contributed by atoms with van der Waals surface area (Å²) < 4.78 is 39.9. The average molecular weight is 602 g/mol. The van der Waals surface area contributed by atoms with E-state index < -0.39 is 16.0 Å². The summed E-state index contributed by atoms with van der Waals surface area (Å²) in [5, 5.41) is 11.9. The Bertz CT molecular complexity index is 1650. The monoisotopic (exact) mass is 601 g/mol. The molecule has 1 heterocycles. The van der Waals surface area contributed by atoms with Crippen molar-refractivity contribution < 1.29 is 32.6 Å². The Kier molecular flexibility index (Phi) is 9.33. The molecule has 1 aliphatic carbocycles. The van der Waals surface area contributed by atoms with Gasteiger partial charge in [0, 0.05) is 18.3 Å². The third kappa shape index (κ3) is 8.18. The summed E-state index contributed by atoms with van der Waals surface area (Å²) in [7, 11) is -3.54. The molecule has 1 fully saturated rings. The second-order valence-electron chi connectivity index (χ2n) is 10.2. The lowest BCUT2D eigenvalue weighted by molar-refractivity contribution is -0.115. The number of hydrogen-bond acceptors (Lipinski definition) is 7. The Morgan fingerprint density at radius 2 is 1.51 bits per heavy atom. The molecule has 3 aromatic carbocycles. The van der Waals surface area contributed by atoms with Crippen LogP contribution < -0.4 is 19.5 Å². The summed E-state index contributed by atoms with van der Waals surface area (Å²) in [5.74, 6) is 0.133. The van der Waals surface area contributed by atoms with Gasteiger partial charge in [0.25, 0.3) is 0 Å². The highest BCUT2D eigenvalue weighted by Crippen LogP contribution is 2.28. The number of sulfonamides is 1. The van der Waals surface area contributed by atoms with Gasteiger partial charge < -0.3 is 19.9 Å². The van der Waals surface area contributed by atoms with E-state index in [1.54, 1.807) is 66.7 Å². The minimum absolute atomic E-state index is 0.00624. The summed E-state index contributed by atoms with van der Waals surface area (Å²) >= 11 is 0. The van der Waals surface area contributed by atoms with Crippen molar-refractivity contribution in [2.75, 3.05) is 5.32 Å². The molecule has 5 rings (SSSR count). The molecule has 0 radical (unpaired) electrons. The van der Waals surface area contributed by atoms with Crippen molar-refractivity contribution in [3.63, 3.8) is 0 Å². The second-order valence-corrected chi connectivity index (χ2v) is 11.9. The number of nitrogens with zero attached hydrogens (tertiary/aromatic N) is 1. The van der Waals surface area contributed by atoms with E-state index in [0.717, 1.165) is 12.8 Å². The number of ether oxygens (including phenoxy) is 2. The van der Waals surface area contributed by atoms with Crippen LogP contribution in [-0.4, -0.2) is 42.5 Å². The molecule has 0 atom stereocenters. The largest absolute Gasteiger partial charge is 0.490 e. The van der Waals surface area contributed by atoms with Crippen LogP contribution in [-0.2, 0) is 21.2 Å². The first-order valence-electron chi connectivity index (χ1n) is 13.8. The molecular weight excluding hydrogens is 570 g/mol. The van der Waals surface area contributed by atoms with Crippen molar-refractivity contribution >= 4 is 27.6 Å². The van der Waals surface area contributed by atoms with E-state index in [2.05, 4.69) is 15.0 Å². The molecule has 43 heavy (non-hydrogen) atoms. The highest BCUT2D eigenvalue weighted by Gasteiger charge is 2.26. The van der Waals surface area contributed by atoms with Crippen LogP contribution in [0.3, 0.4) is 0 Å². The predicted molar refractivity (Wildman–Crippen MR) is 160 cm³/mol. The molecule has 3 N–H and O–H groups in total. The molecule has 0 bridgehead atoms. The second kappa shape index (κ2) is 13.5. The Labute approximate surface area is 249 Å². The Balaban J connectivity index is 1.07. The van der Waals surface area contributed by atoms with Crippen LogP contribution in [0.4, 0.5) is 5.69 Å². The summed E-state index contributed by atoms with van der Waals surface area (Å²) in [4.78, 5) is 28.3. The maximum absolute atomic E-state index is 12.6. The van der Waals surface area contributed by atoms with Crippen LogP contribution in [0.25, 0.3) is 0 Å². The number of anilines is 1. The highest BCUT2D eigenvalue weighted by molar-refractivity contribution is 7.89. The molecule has 4 aromatic rings. The maximum atomic E-state index is 12.6. The highest BCUT2D eigenvalue weighted by atomic mass is 32.2. The number of aromatic carboxylic acids is 1. The lowest BCUT2D eigenvalue weighted by atomic mass is 9.94. The van der Waals surface area contributed by atoms with E-state index >= 15 is 0 Å². The lowest BCUT2D eigenvalue weighted by Gasteiger charge is -2.29. The third-order valence-electron chi connectivity index (χ3n) is 6.99. The molecular formula is C32H31N3O7S. The van der Waals surface area contributed by atoms with Crippen molar-refractivity contribution in [3.8, 4) is 17.4 Å². The van der Waals surface area contributed by atoms with Gasteiger partial charge in [0.2, 0.25) is 21.8 Å². The molecule has 1 saturated carbocycles. The van der Waals surface area contributed by atoms with E-state index in [9.17, 15) is 23.1 Å². The zero-order valence-corrected chi connectivity index (χ0v) is 24.0. The first-order chi connectivity index (χ1) is 20.7. The molecule has 10 nitrogen and oxygen atoms in total. The summed E-state index contributed by atoms with van der Waals surface area (Å²) in [6.07, 6.45) is 4.41.